The van der Waals surface area contributed by atoms with Crippen LogP contribution in [0.25, 0.3) is 0 Å². The van der Waals surface area contributed by atoms with Crippen LogP contribution in [0.1, 0.15) is 11.7 Å². The third-order valence-corrected chi connectivity index (χ3v) is 4.00. The first kappa shape index (κ1) is 13.8. The van der Waals surface area contributed by atoms with E-state index in [1.165, 1.54) is 11.3 Å². The minimum atomic E-state index is 0.194. The molecule has 0 amide bonds. The highest BCUT2D eigenvalue weighted by molar-refractivity contribution is 5.52. The van der Waals surface area contributed by atoms with Crippen molar-refractivity contribution < 1.29 is 9.84 Å². The van der Waals surface area contributed by atoms with Gasteiger partial charge in [-0.2, -0.15) is 0 Å². The third kappa shape index (κ3) is 2.67. The Bertz CT molecular complexity index is 595. The molecular weight excluding hydrogens is 264 g/mol. The Kier molecular flexibility index (Phi) is 3.71. The molecule has 0 radical (unpaired) electrons. The fourth-order valence-electron chi connectivity index (χ4n) is 2.87. The molecule has 0 spiro atoms. The fourth-order valence-corrected chi connectivity index (χ4v) is 2.87. The maximum Gasteiger partial charge on any atom is 0.119 e. The number of ether oxygens (including phenoxy) is 1. The summed E-state index contributed by atoms with van der Waals surface area (Å²) in [4.78, 5) is 4.68. The van der Waals surface area contributed by atoms with E-state index in [4.69, 9.17) is 4.74 Å². The summed E-state index contributed by atoms with van der Waals surface area (Å²) in [6, 6.07) is 15.6. The first-order chi connectivity index (χ1) is 10.2. The highest BCUT2D eigenvalue weighted by Crippen LogP contribution is 2.34. The van der Waals surface area contributed by atoms with Gasteiger partial charge < -0.3 is 14.7 Å². The molecule has 3 rings (SSSR count). The molecule has 2 aromatic rings. The molecule has 0 aromatic heterocycles. The average molecular weight is 284 g/mol. The first-order valence-corrected chi connectivity index (χ1v) is 7.09. The highest BCUT2D eigenvalue weighted by Gasteiger charge is 2.30. The first-order valence-electron chi connectivity index (χ1n) is 7.09. The smallest absolute Gasteiger partial charge is 0.119 e. The van der Waals surface area contributed by atoms with Crippen molar-refractivity contribution in [2.45, 2.75) is 6.17 Å². The van der Waals surface area contributed by atoms with Crippen LogP contribution < -0.4 is 9.64 Å². The van der Waals surface area contributed by atoms with Crippen LogP contribution in [0.4, 0.5) is 5.69 Å². The summed E-state index contributed by atoms with van der Waals surface area (Å²) in [7, 11) is 3.80. The number of likely N-dealkylation sites (N-methyl/N-ethyl adjacent to an activating group) is 1. The molecule has 0 bridgehead atoms. The highest BCUT2D eigenvalue weighted by atomic mass is 16.5. The van der Waals surface area contributed by atoms with Gasteiger partial charge in [0.05, 0.1) is 7.11 Å². The number of nitrogens with zero attached hydrogens (tertiary/aromatic N) is 2. The molecule has 1 N–H and O–H groups in total. The number of hydrogen-bond acceptors (Lipinski definition) is 4. The summed E-state index contributed by atoms with van der Waals surface area (Å²) < 4.78 is 5.22. The normalized spacial score (nSPS) is 19.0. The molecule has 1 aliphatic rings. The summed E-state index contributed by atoms with van der Waals surface area (Å²) in [5.74, 6) is 1.17. The summed E-state index contributed by atoms with van der Waals surface area (Å²) in [5, 5.41) is 9.46. The van der Waals surface area contributed by atoms with Crippen molar-refractivity contribution in [2.75, 3.05) is 32.1 Å². The van der Waals surface area contributed by atoms with E-state index in [0.717, 1.165) is 18.8 Å². The minimum absolute atomic E-state index is 0.194. The molecule has 0 aliphatic carbocycles. The van der Waals surface area contributed by atoms with Crippen LogP contribution in [0.5, 0.6) is 11.5 Å². The Balaban J connectivity index is 1.91. The molecule has 1 aliphatic heterocycles. The number of aromatic hydroxyl groups is 1. The van der Waals surface area contributed by atoms with Crippen molar-refractivity contribution in [3.63, 3.8) is 0 Å². The van der Waals surface area contributed by atoms with Crippen LogP contribution in [0.3, 0.4) is 0 Å². The second kappa shape index (κ2) is 5.66. The van der Waals surface area contributed by atoms with Gasteiger partial charge in [0.1, 0.15) is 17.7 Å². The molecule has 1 unspecified atom stereocenters. The fraction of sp³-hybridized carbons (Fsp3) is 0.294. The predicted molar refractivity (Wildman–Crippen MR) is 83.8 cm³/mol. The monoisotopic (exact) mass is 284 g/mol. The quantitative estimate of drug-likeness (QED) is 0.940. The van der Waals surface area contributed by atoms with Crippen LogP contribution >= 0.6 is 0 Å². The van der Waals surface area contributed by atoms with Gasteiger partial charge in [0, 0.05) is 18.8 Å². The Morgan fingerprint density at radius 3 is 2.29 bits per heavy atom. The Labute approximate surface area is 125 Å². The van der Waals surface area contributed by atoms with E-state index < -0.39 is 0 Å². The zero-order valence-electron chi connectivity index (χ0n) is 12.4. The van der Waals surface area contributed by atoms with Gasteiger partial charge >= 0.3 is 0 Å². The zero-order chi connectivity index (χ0) is 14.8. The van der Waals surface area contributed by atoms with Crippen molar-refractivity contribution in [3.05, 3.63) is 54.1 Å². The van der Waals surface area contributed by atoms with Gasteiger partial charge in [0.25, 0.3) is 0 Å². The van der Waals surface area contributed by atoms with Gasteiger partial charge in [-0.3, -0.25) is 4.90 Å². The van der Waals surface area contributed by atoms with E-state index in [2.05, 4.69) is 29.0 Å². The lowest BCUT2D eigenvalue weighted by Crippen LogP contribution is -2.28. The van der Waals surface area contributed by atoms with E-state index in [0.29, 0.717) is 5.75 Å². The summed E-state index contributed by atoms with van der Waals surface area (Å²) in [6.07, 6.45) is 0.194. The standard InChI is InChI=1S/C17H20N2O2/c1-18-11-12-19(14-5-9-16(21-2)10-6-14)17(18)13-3-7-15(20)8-4-13/h3-10,17,20H,11-12H2,1-2H3. The largest absolute Gasteiger partial charge is 0.508 e. The van der Waals surface area contributed by atoms with Crippen LogP contribution in [0.15, 0.2) is 48.5 Å². The Morgan fingerprint density at radius 2 is 1.67 bits per heavy atom. The van der Waals surface area contributed by atoms with E-state index in [1.807, 2.05) is 24.3 Å². The molecule has 1 heterocycles. The molecule has 4 heteroatoms. The van der Waals surface area contributed by atoms with Gasteiger partial charge in [-0.15, -0.1) is 0 Å². The number of phenols is 1. The number of benzene rings is 2. The van der Waals surface area contributed by atoms with Crippen molar-refractivity contribution >= 4 is 5.69 Å². The summed E-state index contributed by atoms with van der Waals surface area (Å²) in [6.45, 7) is 1.99. The molecule has 0 saturated carbocycles. The van der Waals surface area contributed by atoms with E-state index in [1.54, 1.807) is 19.2 Å². The van der Waals surface area contributed by atoms with Gasteiger partial charge in [0.15, 0.2) is 0 Å². The van der Waals surface area contributed by atoms with Crippen molar-refractivity contribution in [2.24, 2.45) is 0 Å². The van der Waals surface area contributed by atoms with Gasteiger partial charge in [-0.1, -0.05) is 12.1 Å². The molecule has 1 atom stereocenters. The maximum absolute atomic E-state index is 9.46. The van der Waals surface area contributed by atoms with Crippen LogP contribution in [-0.2, 0) is 0 Å². The van der Waals surface area contributed by atoms with Crippen molar-refractivity contribution in [1.82, 2.24) is 4.90 Å². The van der Waals surface area contributed by atoms with Crippen LogP contribution in [0.2, 0.25) is 0 Å². The SMILES string of the molecule is COc1ccc(N2CCN(C)C2c2ccc(O)cc2)cc1. The second-order valence-corrected chi connectivity index (χ2v) is 5.34. The van der Waals surface area contributed by atoms with Crippen LogP contribution in [0, 0.1) is 0 Å². The molecule has 1 fully saturated rings. The Hall–Kier alpha value is -2.20. The second-order valence-electron chi connectivity index (χ2n) is 5.34. The summed E-state index contributed by atoms with van der Waals surface area (Å²) >= 11 is 0. The van der Waals surface area contributed by atoms with Gasteiger partial charge in [-0.25, -0.2) is 0 Å². The van der Waals surface area contributed by atoms with Crippen molar-refractivity contribution in [3.8, 4) is 11.5 Å². The number of hydrogen-bond donors (Lipinski definition) is 1. The van der Waals surface area contributed by atoms with Gasteiger partial charge in [0.2, 0.25) is 0 Å². The van der Waals surface area contributed by atoms with E-state index in [-0.39, 0.29) is 6.17 Å². The van der Waals surface area contributed by atoms with Gasteiger partial charge in [-0.05, 0) is 49.0 Å². The lowest BCUT2D eigenvalue weighted by atomic mass is 10.1. The lowest BCUT2D eigenvalue weighted by Gasteiger charge is -2.30. The van der Waals surface area contributed by atoms with E-state index in [9.17, 15) is 5.11 Å². The maximum atomic E-state index is 9.46. The minimum Gasteiger partial charge on any atom is -0.508 e. The molecule has 2 aromatic carbocycles. The number of rotatable bonds is 3. The molecule has 1 saturated heterocycles. The number of methoxy groups -OCH3 is 1. The third-order valence-electron chi connectivity index (χ3n) is 4.00. The Morgan fingerprint density at radius 1 is 1.00 bits per heavy atom. The topological polar surface area (TPSA) is 35.9 Å². The average Bonchev–Trinajstić information content (AvgIpc) is 2.90. The number of anilines is 1. The predicted octanol–water partition coefficient (Wildman–Crippen LogP) is 2.85. The van der Waals surface area contributed by atoms with Crippen molar-refractivity contribution in [1.29, 1.82) is 0 Å². The summed E-state index contributed by atoms with van der Waals surface area (Å²) in [5.41, 5.74) is 2.36. The lowest BCUT2D eigenvalue weighted by molar-refractivity contribution is 0.318. The molecule has 21 heavy (non-hydrogen) atoms. The van der Waals surface area contributed by atoms with E-state index >= 15 is 0 Å². The molecule has 110 valence electrons. The number of phenolic OH excluding ortho intramolecular Hbond substituents is 1. The molecular formula is C17H20N2O2. The van der Waals surface area contributed by atoms with Crippen LogP contribution in [-0.4, -0.2) is 37.3 Å². The zero-order valence-corrected chi connectivity index (χ0v) is 12.4. The molecule has 4 nitrogen and oxygen atoms in total.